The first-order chi connectivity index (χ1) is 8.84. The van der Waals surface area contributed by atoms with E-state index in [2.05, 4.69) is 54.6 Å². The molecule has 0 spiro atoms. The Hall–Kier alpha value is -1.25. The van der Waals surface area contributed by atoms with E-state index in [1.165, 1.54) is 16.0 Å². The zero-order valence-electron chi connectivity index (χ0n) is 10.3. The van der Waals surface area contributed by atoms with E-state index < -0.39 is 0 Å². The summed E-state index contributed by atoms with van der Waals surface area (Å²) >= 11 is 1.91. The molecule has 0 aromatic heterocycles. The standard InChI is InChI=1S/C16H17NS/c17-16-14-9-5-4-6-12(14)10-11-15(16)18-13-7-2-1-3-8-13/h1-9,15-16H,10-11,17H2. The highest BCUT2D eigenvalue weighted by atomic mass is 32.2. The molecule has 1 aliphatic rings. The van der Waals surface area contributed by atoms with E-state index in [0.717, 1.165) is 12.8 Å². The molecule has 1 nitrogen and oxygen atoms in total. The van der Waals surface area contributed by atoms with Crippen molar-refractivity contribution >= 4 is 11.8 Å². The van der Waals surface area contributed by atoms with Crippen molar-refractivity contribution in [1.29, 1.82) is 0 Å². The van der Waals surface area contributed by atoms with Crippen molar-refractivity contribution in [3.05, 3.63) is 65.7 Å². The minimum Gasteiger partial charge on any atom is -0.323 e. The first-order valence-corrected chi connectivity index (χ1v) is 7.27. The fraction of sp³-hybridized carbons (Fsp3) is 0.250. The minimum atomic E-state index is 0.153. The summed E-state index contributed by atoms with van der Waals surface area (Å²) in [6.07, 6.45) is 2.31. The van der Waals surface area contributed by atoms with Gasteiger partial charge in [-0.1, -0.05) is 42.5 Å². The number of hydrogen-bond acceptors (Lipinski definition) is 2. The summed E-state index contributed by atoms with van der Waals surface area (Å²) in [5.74, 6) is 0. The van der Waals surface area contributed by atoms with Gasteiger partial charge in [-0.25, -0.2) is 0 Å². The lowest BCUT2D eigenvalue weighted by atomic mass is 9.88. The van der Waals surface area contributed by atoms with Crippen molar-refractivity contribution in [2.45, 2.75) is 29.0 Å². The molecule has 1 aliphatic carbocycles. The molecule has 2 aromatic rings. The molecule has 0 amide bonds. The molecule has 3 rings (SSSR count). The summed E-state index contributed by atoms with van der Waals surface area (Å²) in [4.78, 5) is 1.32. The van der Waals surface area contributed by atoms with Crippen LogP contribution in [0.5, 0.6) is 0 Å². The topological polar surface area (TPSA) is 26.0 Å². The van der Waals surface area contributed by atoms with Crippen LogP contribution in [0.2, 0.25) is 0 Å². The molecule has 2 unspecified atom stereocenters. The maximum Gasteiger partial charge on any atom is 0.0421 e. The molecule has 0 saturated heterocycles. The fourth-order valence-corrected chi connectivity index (χ4v) is 3.76. The molecule has 0 radical (unpaired) electrons. The Morgan fingerprint density at radius 2 is 1.67 bits per heavy atom. The van der Waals surface area contributed by atoms with E-state index in [0.29, 0.717) is 5.25 Å². The third kappa shape index (κ3) is 2.31. The smallest absolute Gasteiger partial charge is 0.0421 e. The number of fused-ring (bicyclic) bond motifs is 1. The summed E-state index contributed by atoms with van der Waals surface area (Å²) in [6.45, 7) is 0. The number of nitrogens with two attached hydrogens (primary N) is 1. The Morgan fingerprint density at radius 1 is 0.944 bits per heavy atom. The molecule has 2 aromatic carbocycles. The number of benzene rings is 2. The Kier molecular flexibility index (Phi) is 3.39. The SMILES string of the molecule is NC1c2ccccc2CCC1Sc1ccccc1. The van der Waals surface area contributed by atoms with Gasteiger partial charge in [0.05, 0.1) is 0 Å². The van der Waals surface area contributed by atoms with E-state index in [4.69, 9.17) is 5.73 Å². The van der Waals surface area contributed by atoms with Gasteiger partial charge < -0.3 is 5.73 Å². The van der Waals surface area contributed by atoms with Crippen LogP contribution < -0.4 is 5.73 Å². The summed E-state index contributed by atoms with van der Waals surface area (Å²) in [7, 11) is 0. The number of thioether (sulfide) groups is 1. The molecule has 2 N–H and O–H groups in total. The number of hydrogen-bond donors (Lipinski definition) is 1. The van der Waals surface area contributed by atoms with E-state index in [1.807, 2.05) is 11.8 Å². The molecule has 0 fully saturated rings. The highest BCUT2D eigenvalue weighted by molar-refractivity contribution is 8.00. The third-order valence-electron chi connectivity index (χ3n) is 3.54. The van der Waals surface area contributed by atoms with Crippen LogP contribution in [0.3, 0.4) is 0 Å². The van der Waals surface area contributed by atoms with Crippen LogP contribution in [-0.2, 0) is 6.42 Å². The monoisotopic (exact) mass is 255 g/mol. The van der Waals surface area contributed by atoms with Crippen molar-refractivity contribution in [1.82, 2.24) is 0 Å². The van der Waals surface area contributed by atoms with Crippen LogP contribution in [0.15, 0.2) is 59.5 Å². The van der Waals surface area contributed by atoms with Gasteiger partial charge in [0, 0.05) is 16.2 Å². The lowest BCUT2D eigenvalue weighted by Gasteiger charge is -2.30. The predicted molar refractivity (Wildman–Crippen MR) is 77.8 cm³/mol. The maximum absolute atomic E-state index is 6.42. The molecular formula is C16H17NS. The van der Waals surface area contributed by atoms with Crippen molar-refractivity contribution in [3.63, 3.8) is 0 Å². The van der Waals surface area contributed by atoms with Crippen LogP contribution >= 0.6 is 11.8 Å². The number of aryl methyl sites for hydroxylation is 1. The highest BCUT2D eigenvalue weighted by Gasteiger charge is 2.26. The first-order valence-electron chi connectivity index (χ1n) is 6.40. The lowest BCUT2D eigenvalue weighted by molar-refractivity contribution is 0.587. The predicted octanol–water partition coefficient (Wildman–Crippen LogP) is 3.79. The van der Waals surface area contributed by atoms with Gasteiger partial charge in [-0.2, -0.15) is 0 Å². The van der Waals surface area contributed by atoms with Gasteiger partial charge in [0.25, 0.3) is 0 Å². The van der Waals surface area contributed by atoms with E-state index >= 15 is 0 Å². The maximum atomic E-state index is 6.42. The van der Waals surface area contributed by atoms with Crippen LogP contribution in [-0.4, -0.2) is 5.25 Å². The van der Waals surface area contributed by atoms with Crippen molar-refractivity contribution < 1.29 is 0 Å². The number of rotatable bonds is 2. The zero-order chi connectivity index (χ0) is 12.4. The molecular weight excluding hydrogens is 238 g/mol. The molecule has 0 bridgehead atoms. The Morgan fingerprint density at radius 3 is 2.50 bits per heavy atom. The molecule has 92 valence electrons. The van der Waals surface area contributed by atoms with Crippen molar-refractivity contribution in [2.75, 3.05) is 0 Å². The zero-order valence-corrected chi connectivity index (χ0v) is 11.1. The highest BCUT2D eigenvalue weighted by Crippen LogP contribution is 2.38. The van der Waals surface area contributed by atoms with E-state index in [9.17, 15) is 0 Å². The van der Waals surface area contributed by atoms with Gasteiger partial charge in [0.1, 0.15) is 0 Å². The van der Waals surface area contributed by atoms with Gasteiger partial charge in [-0.15, -0.1) is 11.8 Å². The Balaban J connectivity index is 1.81. The normalized spacial score (nSPS) is 22.5. The Labute approximate surface area is 112 Å². The van der Waals surface area contributed by atoms with E-state index in [-0.39, 0.29) is 6.04 Å². The van der Waals surface area contributed by atoms with Crippen LogP contribution in [0.1, 0.15) is 23.6 Å². The van der Waals surface area contributed by atoms with Crippen molar-refractivity contribution in [2.24, 2.45) is 5.73 Å². The molecule has 2 atom stereocenters. The largest absolute Gasteiger partial charge is 0.323 e. The van der Waals surface area contributed by atoms with Gasteiger partial charge in [-0.05, 0) is 36.1 Å². The summed E-state index contributed by atoms with van der Waals surface area (Å²) in [5, 5.41) is 0.488. The van der Waals surface area contributed by atoms with Crippen LogP contribution in [0.25, 0.3) is 0 Å². The molecule has 2 heteroatoms. The van der Waals surface area contributed by atoms with Gasteiger partial charge in [0.2, 0.25) is 0 Å². The lowest BCUT2D eigenvalue weighted by Crippen LogP contribution is -2.29. The molecule has 18 heavy (non-hydrogen) atoms. The molecule has 0 heterocycles. The minimum absolute atomic E-state index is 0.153. The van der Waals surface area contributed by atoms with Crippen LogP contribution in [0, 0.1) is 0 Å². The summed E-state index contributed by atoms with van der Waals surface area (Å²) < 4.78 is 0. The Bertz CT molecular complexity index is 524. The quantitative estimate of drug-likeness (QED) is 0.883. The molecule has 0 saturated carbocycles. The average Bonchev–Trinajstić information content (AvgIpc) is 2.43. The fourth-order valence-electron chi connectivity index (χ4n) is 2.57. The second-order valence-corrected chi connectivity index (χ2v) is 6.05. The van der Waals surface area contributed by atoms with Crippen LogP contribution in [0.4, 0.5) is 0 Å². The average molecular weight is 255 g/mol. The van der Waals surface area contributed by atoms with Gasteiger partial charge in [0.15, 0.2) is 0 Å². The third-order valence-corrected chi connectivity index (χ3v) is 4.92. The summed E-state index contributed by atoms with van der Waals surface area (Å²) in [5.41, 5.74) is 9.17. The first kappa shape index (κ1) is 11.8. The van der Waals surface area contributed by atoms with E-state index in [1.54, 1.807) is 0 Å². The van der Waals surface area contributed by atoms with Gasteiger partial charge in [-0.3, -0.25) is 0 Å². The molecule has 0 aliphatic heterocycles. The van der Waals surface area contributed by atoms with Crippen molar-refractivity contribution in [3.8, 4) is 0 Å². The van der Waals surface area contributed by atoms with Gasteiger partial charge >= 0.3 is 0 Å². The summed E-state index contributed by atoms with van der Waals surface area (Å²) in [6, 6.07) is 19.3. The second-order valence-electron chi connectivity index (χ2n) is 4.73. The second kappa shape index (κ2) is 5.17.